The van der Waals surface area contributed by atoms with Gasteiger partial charge in [0, 0.05) is 43.8 Å². The van der Waals surface area contributed by atoms with Crippen LogP contribution in [-0.2, 0) is 17.8 Å². The number of ether oxygens (including phenoxy) is 1. The van der Waals surface area contributed by atoms with Crippen LogP contribution in [0, 0.1) is 6.92 Å². The first-order chi connectivity index (χ1) is 14.7. The van der Waals surface area contributed by atoms with E-state index in [0.717, 1.165) is 48.8 Å². The number of hydrogen-bond acceptors (Lipinski definition) is 4. The summed E-state index contributed by atoms with van der Waals surface area (Å²) in [5.74, 6) is 2.00. The summed E-state index contributed by atoms with van der Waals surface area (Å²) in [6.45, 7) is 3.61. The van der Waals surface area contributed by atoms with E-state index in [2.05, 4.69) is 16.5 Å². The lowest BCUT2D eigenvalue weighted by atomic mass is 10.1. The lowest BCUT2D eigenvalue weighted by Crippen LogP contribution is -2.32. The number of benzene rings is 1. The van der Waals surface area contributed by atoms with Gasteiger partial charge in [0.2, 0.25) is 5.91 Å². The molecule has 2 aromatic heterocycles. The smallest absolute Gasteiger partial charge is 0.223 e. The summed E-state index contributed by atoms with van der Waals surface area (Å²) in [4.78, 5) is 23.9. The molecule has 0 N–H and O–H groups in total. The largest absolute Gasteiger partial charge is 0.497 e. The Kier molecular flexibility index (Phi) is 6.12. The van der Waals surface area contributed by atoms with E-state index in [1.807, 2.05) is 59.9 Å². The quantitative estimate of drug-likeness (QED) is 0.598. The van der Waals surface area contributed by atoms with E-state index < -0.39 is 0 Å². The average molecular weight is 405 g/mol. The van der Waals surface area contributed by atoms with Crippen LogP contribution in [0.1, 0.15) is 47.9 Å². The topological polar surface area (TPSA) is 60.2 Å². The molecule has 0 aliphatic carbocycles. The maximum atomic E-state index is 13.1. The van der Waals surface area contributed by atoms with Gasteiger partial charge in [-0.2, -0.15) is 0 Å². The third-order valence-corrected chi connectivity index (χ3v) is 5.81. The molecule has 6 heteroatoms. The molecular formula is C24H28N4O2. The minimum absolute atomic E-state index is 0.0401. The average Bonchev–Trinajstić information content (AvgIpc) is 3.40. The Morgan fingerprint density at radius 2 is 2.03 bits per heavy atom. The summed E-state index contributed by atoms with van der Waals surface area (Å²) in [5, 5.41) is 0. The van der Waals surface area contributed by atoms with Crippen molar-refractivity contribution in [3.05, 3.63) is 77.6 Å². The second-order valence-corrected chi connectivity index (χ2v) is 7.80. The zero-order valence-electron chi connectivity index (χ0n) is 17.6. The Morgan fingerprint density at radius 3 is 2.83 bits per heavy atom. The number of aromatic nitrogens is 3. The molecule has 156 valence electrons. The third kappa shape index (κ3) is 4.37. The van der Waals surface area contributed by atoms with Gasteiger partial charge in [-0.3, -0.25) is 9.78 Å². The number of nitrogens with zero attached hydrogens (tertiary/aromatic N) is 4. The van der Waals surface area contributed by atoms with Gasteiger partial charge in [0.1, 0.15) is 11.6 Å². The van der Waals surface area contributed by atoms with Crippen LogP contribution in [0.3, 0.4) is 0 Å². The maximum absolute atomic E-state index is 13.1. The molecule has 3 aromatic rings. The molecule has 1 amide bonds. The number of pyridine rings is 1. The molecule has 1 atom stereocenters. The first-order valence-electron chi connectivity index (χ1n) is 10.5. The monoisotopic (exact) mass is 404 g/mol. The second kappa shape index (κ2) is 9.11. The van der Waals surface area contributed by atoms with Gasteiger partial charge < -0.3 is 14.2 Å². The number of amides is 1. The fourth-order valence-corrected chi connectivity index (χ4v) is 4.18. The van der Waals surface area contributed by atoms with Crippen molar-refractivity contribution in [3.63, 3.8) is 0 Å². The van der Waals surface area contributed by atoms with E-state index in [1.54, 1.807) is 7.11 Å². The minimum Gasteiger partial charge on any atom is -0.497 e. The van der Waals surface area contributed by atoms with Crippen LogP contribution in [0.4, 0.5) is 0 Å². The number of aryl methyl sites for hydroxylation is 2. The van der Waals surface area contributed by atoms with Crippen molar-refractivity contribution in [2.45, 2.75) is 45.2 Å². The predicted molar refractivity (Wildman–Crippen MR) is 115 cm³/mol. The number of methoxy groups -OCH3 is 1. The van der Waals surface area contributed by atoms with Gasteiger partial charge >= 0.3 is 0 Å². The minimum atomic E-state index is 0.0401. The van der Waals surface area contributed by atoms with Crippen LogP contribution in [-0.4, -0.2) is 39.0 Å². The summed E-state index contributed by atoms with van der Waals surface area (Å²) >= 11 is 0. The lowest BCUT2D eigenvalue weighted by molar-refractivity contribution is -0.132. The molecule has 1 aliphatic rings. The molecule has 3 heterocycles. The molecule has 1 unspecified atom stereocenters. The zero-order valence-corrected chi connectivity index (χ0v) is 17.6. The first kappa shape index (κ1) is 20.1. The molecule has 1 aromatic carbocycles. The first-order valence-corrected chi connectivity index (χ1v) is 10.5. The van der Waals surface area contributed by atoms with Gasteiger partial charge in [0.05, 0.1) is 13.2 Å². The van der Waals surface area contributed by atoms with E-state index in [0.29, 0.717) is 12.8 Å². The molecule has 0 radical (unpaired) electrons. The van der Waals surface area contributed by atoms with Crippen LogP contribution < -0.4 is 4.74 Å². The normalized spacial score (nSPS) is 16.1. The second-order valence-electron chi connectivity index (χ2n) is 7.80. The van der Waals surface area contributed by atoms with Gasteiger partial charge in [0.15, 0.2) is 0 Å². The van der Waals surface area contributed by atoms with Gasteiger partial charge in [-0.25, -0.2) is 4.98 Å². The van der Waals surface area contributed by atoms with Crippen LogP contribution >= 0.6 is 0 Å². The molecule has 4 rings (SSSR count). The summed E-state index contributed by atoms with van der Waals surface area (Å²) in [6, 6.07) is 12.0. The Bertz CT molecular complexity index is 999. The number of hydrogen-bond donors (Lipinski definition) is 0. The highest BCUT2D eigenvalue weighted by atomic mass is 16.5. The van der Waals surface area contributed by atoms with E-state index in [4.69, 9.17) is 9.72 Å². The van der Waals surface area contributed by atoms with Crippen LogP contribution in [0.25, 0.3) is 0 Å². The van der Waals surface area contributed by atoms with Crippen molar-refractivity contribution in [1.82, 2.24) is 19.4 Å². The van der Waals surface area contributed by atoms with E-state index in [-0.39, 0.29) is 11.9 Å². The number of rotatable bonds is 7. The van der Waals surface area contributed by atoms with Crippen molar-refractivity contribution >= 4 is 5.91 Å². The third-order valence-electron chi connectivity index (χ3n) is 5.81. The molecule has 1 aliphatic heterocycles. The molecule has 6 nitrogen and oxygen atoms in total. The van der Waals surface area contributed by atoms with E-state index >= 15 is 0 Å². The Hall–Kier alpha value is -3.15. The molecular weight excluding hydrogens is 376 g/mol. The highest BCUT2D eigenvalue weighted by molar-refractivity contribution is 5.77. The van der Waals surface area contributed by atoms with Crippen molar-refractivity contribution in [1.29, 1.82) is 0 Å². The van der Waals surface area contributed by atoms with Gasteiger partial charge in [0.25, 0.3) is 0 Å². The molecule has 1 saturated heterocycles. The number of carbonyl (C=O) groups is 1. The zero-order chi connectivity index (χ0) is 20.9. The Balaban J connectivity index is 1.47. The van der Waals surface area contributed by atoms with Gasteiger partial charge in [-0.15, -0.1) is 0 Å². The fourth-order valence-electron chi connectivity index (χ4n) is 4.18. The van der Waals surface area contributed by atoms with Crippen molar-refractivity contribution in [3.8, 4) is 5.75 Å². The van der Waals surface area contributed by atoms with Crippen LogP contribution in [0.2, 0.25) is 0 Å². The number of imidazole rings is 1. The molecule has 1 fully saturated rings. The Morgan fingerprint density at radius 1 is 1.20 bits per heavy atom. The summed E-state index contributed by atoms with van der Waals surface area (Å²) < 4.78 is 7.52. The van der Waals surface area contributed by atoms with Crippen molar-refractivity contribution in [2.24, 2.45) is 0 Å². The van der Waals surface area contributed by atoms with Crippen LogP contribution in [0.5, 0.6) is 5.75 Å². The molecule has 0 bridgehead atoms. The van der Waals surface area contributed by atoms with Crippen LogP contribution in [0.15, 0.2) is 55.0 Å². The molecule has 30 heavy (non-hydrogen) atoms. The van der Waals surface area contributed by atoms with E-state index in [1.165, 1.54) is 5.56 Å². The van der Waals surface area contributed by atoms with Gasteiger partial charge in [-0.1, -0.05) is 12.1 Å². The highest BCUT2D eigenvalue weighted by Gasteiger charge is 2.33. The summed E-state index contributed by atoms with van der Waals surface area (Å²) in [5.41, 5.74) is 3.41. The van der Waals surface area contributed by atoms with Gasteiger partial charge in [-0.05, 0) is 61.6 Å². The summed E-state index contributed by atoms with van der Waals surface area (Å²) in [6.07, 6.45) is 8.70. The lowest BCUT2D eigenvalue weighted by Gasteiger charge is -2.25. The summed E-state index contributed by atoms with van der Waals surface area (Å²) in [7, 11) is 1.66. The van der Waals surface area contributed by atoms with E-state index in [9.17, 15) is 4.79 Å². The molecule has 0 spiro atoms. The highest BCUT2D eigenvalue weighted by Crippen LogP contribution is 2.32. The molecule has 0 saturated carbocycles. The standard InChI is InChI=1S/C24H28N4O2/c1-18-16-26-24(28(18)17-20-10-12-25-13-11-20)22-7-4-14-27(22)23(29)9-8-19-5-3-6-21(15-19)30-2/h3,5-6,10-13,15-16,22H,4,7-9,14,17H2,1-2H3. The SMILES string of the molecule is COc1cccc(CCC(=O)N2CCCC2c2ncc(C)n2Cc2ccncc2)c1. The predicted octanol–water partition coefficient (Wildman–Crippen LogP) is 3.94. The maximum Gasteiger partial charge on any atom is 0.223 e. The number of carbonyl (C=O) groups excluding carboxylic acids is 1. The van der Waals surface area contributed by atoms with Crippen molar-refractivity contribution < 1.29 is 9.53 Å². The Labute approximate surface area is 177 Å². The fraction of sp³-hybridized carbons (Fsp3) is 0.375. The van der Waals surface area contributed by atoms with Crippen molar-refractivity contribution in [2.75, 3.05) is 13.7 Å². The number of likely N-dealkylation sites (tertiary alicyclic amines) is 1.